The van der Waals surface area contributed by atoms with Gasteiger partial charge in [0.1, 0.15) is 0 Å². The van der Waals surface area contributed by atoms with Gasteiger partial charge in [0.2, 0.25) is 0 Å². The van der Waals surface area contributed by atoms with E-state index < -0.39 is 11.8 Å². The molecule has 0 aliphatic heterocycles. The Balaban J connectivity index is 2.04. The Labute approximate surface area is 132 Å². The molecule has 0 saturated heterocycles. The van der Waals surface area contributed by atoms with Crippen molar-refractivity contribution in [2.75, 3.05) is 10.6 Å². The van der Waals surface area contributed by atoms with Crippen LogP contribution in [0, 0.1) is 6.92 Å². The van der Waals surface area contributed by atoms with Crippen molar-refractivity contribution in [3.8, 4) is 0 Å². The van der Waals surface area contributed by atoms with Crippen LogP contribution in [0.2, 0.25) is 10.0 Å². The van der Waals surface area contributed by atoms with E-state index in [1.807, 2.05) is 19.1 Å². The van der Waals surface area contributed by atoms with E-state index in [0.717, 1.165) is 5.56 Å². The summed E-state index contributed by atoms with van der Waals surface area (Å²) in [4.78, 5) is 23.7. The highest BCUT2D eigenvalue weighted by atomic mass is 35.5. The number of nitrogens with one attached hydrogen (secondary N) is 2. The lowest BCUT2D eigenvalue weighted by Gasteiger charge is -2.09. The summed E-state index contributed by atoms with van der Waals surface area (Å²) in [5.41, 5.74) is 1.86. The van der Waals surface area contributed by atoms with Crippen LogP contribution >= 0.6 is 23.2 Å². The van der Waals surface area contributed by atoms with Crippen LogP contribution in [0.3, 0.4) is 0 Å². The molecule has 0 heterocycles. The number of carbonyl (C=O) groups is 2. The van der Waals surface area contributed by atoms with Gasteiger partial charge in [-0.05, 0) is 36.8 Å². The lowest BCUT2D eigenvalue weighted by Crippen LogP contribution is -2.29. The first-order valence-corrected chi connectivity index (χ1v) is 6.86. The van der Waals surface area contributed by atoms with Gasteiger partial charge in [0, 0.05) is 11.4 Å². The minimum Gasteiger partial charge on any atom is -0.318 e. The Hall–Kier alpha value is -2.04. The second-order valence-electron chi connectivity index (χ2n) is 4.35. The van der Waals surface area contributed by atoms with Crippen LogP contribution in [0.5, 0.6) is 0 Å². The summed E-state index contributed by atoms with van der Waals surface area (Å²) >= 11 is 11.6. The molecule has 2 rings (SSSR count). The molecular weight excluding hydrogens is 311 g/mol. The van der Waals surface area contributed by atoms with Crippen LogP contribution in [0.15, 0.2) is 42.5 Å². The number of anilines is 2. The maximum absolute atomic E-state index is 11.8. The highest BCUT2D eigenvalue weighted by Gasteiger charge is 2.15. The number of para-hydroxylation sites is 1. The molecule has 2 aromatic carbocycles. The van der Waals surface area contributed by atoms with Crippen molar-refractivity contribution >= 4 is 46.4 Å². The number of benzene rings is 2. The molecule has 2 N–H and O–H groups in total. The molecule has 0 fully saturated rings. The summed E-state index contributed by atoms with van der Waals surface area (Å²) in [5, 5.41) is 5.68. The third-order valence-electron chi connectivity index (χ3n) is 2.78. The number of rotatable bonds is 2. The monoisotopic (exact) mass is 322 g/mol. The van der Waals surface area contributed by atoms with Gasteiger partial charge in [-0.2, -0.15) is 0 Å². The topological polar surface area (TPSA) is 58.2 Å². The molecular formula is C15H12Cl2N2O2. The molecule has 0 bridgehead atoms. The van der Waals surface area contributed by atoms with Crippen LogP contribution in [0.1, 0.15) is 5.56 Å². The van der Waals surface area contributed by atoms with Gasteiger partial charge in [-0.3, -0.25) is 9.59 Å². The second-order valence-corrected chi connectivity index (χ2v) is 5.17. The van der Waals surface area contributed by atoms with Crippen molar-refractivity contribution in [2.45, 2.75) is 6.92 Å². The van der Waals surface area contributed by atoms with E-state index in [0.29, 0.717) is 21.4 Å². The van der Waals surface area contributed by atoms with Gasteiger partial charge in [-0.15, -0.1) is 0 Å². The third kappa shape index (κ3) is 3.97. The first-order chi connectivity index (χ1) is 9.97. The molecule has 0 spiro atoms. The van der Waals surface area contributed by atoms with E-state index in [9.17, 15) is 9.59 Å². The summed E-state index contributed by atoms with van der Waals surface area (Å²) in [7, 11) is 0. The first-order valence-electron chi connectivity index (χ1n) is 6.10. The predicted molar refractivity (Wildman–Crippen MR) is 84.9 cm³/mol. The van der Waals surface area contributed by atoms with Crippen LogP contribution < -0.4 is 10.6 Å². The minimum absolute atomic E-state index is 0.300. The van der Waals surface area contributed by atoms with Gasteiger partial charge in [-0.25, -0.2) is 0 Å². The highest BCUT2D eigenvalue weighted by molar-refractivity contribution is 6.44. The van der Waals surface area contributed by atoms with E-state index >= 15 is 0 Å². The molecule has 0 aliphatic rings. The minimum atomic E-state index is -0.781. The van der Waals surface area contributed by atoms with E-state index in [2.05, 4.69) is 10.6 Å². The van der Waals surface area contributed by atoms with Crippen molar-refractivity contribution < 1.29 is 9.59 Å². The summed E-state index contributed by atoms with van der Waals surface area (Å²) in [6.45, 7) is 1.84. The maximum Gasteiger partial charge on any atom is 0.314 e. The van der Waals surface area contributed by atoms with Crippen molar-refractivity contribution in [1.82, 2.24) is 0 Å². The summed E-state index contributed by atoms with van der Waals surface area (Å²) < 4.78 is 0. The van der Waals surface area contributed by atoms with Crippen molar-refractivity contribution in [1.29, 1.82) is 0 Å². The molecule has 0 aliphatic carbocycles. The average Bonchev–Trinajstić information content (AvgIpc) is 2.45. The zero-order valence-corrected chi connectivity index (χ0v) is 12.6. The fourth-order valence-corrected chi connectivity index (χ4v) is 1.95. The quantitative estimate of drug-likeness (QED) is 0.824. The molecule has 21 heavy (non-hydrogen) atoms. The van der Waals surface area contributed by atoms with Gasteiger partial charge in [0.05, 0.1) is 10.0 Å². The van der Waals surface area contributed by atoms with Crippen molar-refractivity contribution in [2.24, 2.45) is 0 Å². The van der Waals surface area contributed by atoms with E-state index in [1.54, 1.807) is 24.3 Å². The molecule has 2 aromatic rings. The van der Waals surface area contributed by atoms with Crippen LogP contribution in [0.25, 0.3) is 0 Å². The molecule has 2 amide bonds. The zero-order chi connectivity index (χ0) is 15.4. The number of halogens is 2. The highest BCUT2D eigenvalue weighted by Crippen LogP contribution is 2.25. The van der Waals surface area contributed by atoms with Gasteiger partial charge in [0.15, 0.2) is 0 Å². The standard InChI is InChI=1S/C15H12Cl2N2O2/c1-9-4-2-3-5-13(9)19-15(21)14(20)18-10-6-7-11(16)12(17)8-10/h2-8H,1H3,(H,18,20)(H,19,21). The maximum atomic E-state index is 11.8. The van der Waals surface area contributed by atoms with E-state index in [1.165, 1.54) is 6.07 Å². The normalized spacial score (nSPS) is 10.0. The fourth-order valence-electron chi connectivity index (χ4n) is 1.65. The molecule has 6 heteroatoms. The number of aryl methyl sites for hydroxylation is 1. The summed E-state index contributed by atoms with van der Waals surface area (Å²) in [6.07, 6.45) is 0. The Morgan fingerprint density at radius 2 is 1.57 bits per heavy atom. The van der Waals surface area contributed by atoms with Gasteiger partial charge in [0.25, 0.3) is 0 Å². The van der Waals surface area contributed by atoms with Gasteiger partial charge in [-0.1, -0.05) is 41.4 Å². The smallest absolute Gasteiger partial charge is 0.314 e. The molecule has 0 unspecified atom stereocenters. The Bertz CT molecular complexity index is 702. The number of hydrogen-bond donors (Lipinski definition) is 2. The van der Waals surface area contributed by atoms with E-state index in [4.69, 9.17) is 23.2 Å². The summed E-state index contributed by atoms with van der Waals surface area (Å²) in [6, 6.07) is 11.8. The molecule has 0 saturated carbocycles. The molecule has 0 atom stereocenters. The molecule has 0 aromatic heterocycles. The Kier molecular flexibility index (Phi) is 4.83. The number of carbonyl (C=O) groups excluding carboxylic acids is 2. The Morgan fingerprint density at radius 3 is 2.24 bits per heavy atom. The van der Waals surface area contributed by atoms with Gasteiger partial charge >= 0.3 is 11.8 Å². The molecule has 0 radical (unpaired) electrons. The van der Waals surface area contributed by atoms with Crippen LogP contribution in [-0.2, 0) is 9.59 Å². The Morgan fingerprint density at radius 1 is 0.905 bits per heavy atom. The number of hydrogen-bond acceptors (Lipinski definition) is 2. The SMILES string of the molecule is Cc1ccccc1NC(=O)C(=O)Nc1ccc(Cl)c(Cl)c1. The fraction of sp³-hybridized carbons (Fsp3) is 0.0667. The first kappa shape index (κ1) is 15.4. The predicted octanol–water partition coefficient (Wildman–Crippen LogP) is 3.88. The lowest BCUT2D eigenvalue weighted by molar-refractivity contribution is -0.133. The van der Waals surface area contributed by atoms with Gasteiger partial charge < -0.3 is 10.6 Å². The lowest BCUT2D eigenvalue weighted by atomic mass is 10.2. The van der Waals surface area contributed by atoms with Crippen LogP contribution in [0.4, 0.5) is 11.4 Å². The number of amides is 2. The molecule has 108 valence electrons. The molecule has 4 nitrogen and oxygen atoms in total. The van der Waals surface area contributed by atoms with Crippen molar-refractivity contribution in [3.63, 3.8) is 0 Å². The van der Waals surface area contributed by atoms with Crippen molar-refractivity contribution in [3.05, 3.63) is 58.1 Å². The largest absolute Gasteiger partial charge is 0.318 e. The van der Waals surface area contributed by atoms with E-state index in [-0.39, 0.29) is 0 Å². The zero-order valence-electron chi connectivity index (χ0n) is 11.1. The average molecular weight is 323 g/mol. The van der Waals surface area contributed by atoms with Crippen LogP contribution in [-0.4, -0.2) is 11.8 Å². The third-order valence-corrected chi connectivity index (χ3v) is 3.52. The summed E-state index contributed by atoms with van der Waals surface area (Å²) in [5.74, 6) is -1.54. The second kappa shape index (κ2) is 6.61.